The minimum atomic E-state index is -0.830. The van der Waals surface area contributed by atoms with E-state index in [1.54, 1.807) is 0 Å². The van der Waals surface area contributed by atoms with E-state index in [9.17, 15) is 14.4 Å². The molecule has 0 rings (SSSR count). The van der Waals surface area contributed by atoms with E-state index in [0.717, 1.165) is 122 Å². The Morgan fingerprint density at radius 1 is 0.314 bits per heavy atom. The van der Waals surface area contributed by atoms with Crippen molar-refractivity contribution in [2.45, 2.75) is 239 Å². The van der Waals surface area contributed by atoms with Gasteiger partial charge in [0.15, 0.2) is 6.10 Å². The molecule has 0 saturated carbocycles. The molecule has 6 heteroatoms. The molecule has 0 bridgehead atoms. The molecule has 0 fully saturated rings. The van der Waals surface area contributed by atoms with E-state index in [2.05, 4.69) is 142 Å². The van der Waals surface area contributed by atoms with E-state index in [0.29, 0.717) is 12.8 Å². The zero-order valence-corrected chi connectivity index (χ0v) is 45.0. The van der Waals surface area contributed by atoms with Crippen molar-refractivity contribution in [3.8, 4) is 0 Å². The van der Waals surface area contributed by atoms with E-state index < -0.39 is 6.10 Å². The first-order valence-corrected chi connectivity index (χ1v) is 28.2. The Bertz CT molecular complexity index is 1530. The molecule has 0 saturated heterocycles. The fourth-order valence-corrected chi connectivity index (χ4v) is 7.22. The third-order valence-corrected chi connectivity index (χ3v) is 11.5. The second-order valence-electron chi connectivity index (χ2n) is 18.2. The maximum atomic E-state index is 12.8. The number of carbonyl (C=O) groups is 3. The predicted molar refractivity (Wildman–Crippen MR) is 302 cm³/mol. The SMILES string of the molecule is CC/C=C\C/C=C\C/C=C\C/C=C\C/C=C\C/C=C\CCC(=O)OCC(COC(=O)CCCCCCCC/C=C\C=C/CCCCC)OC(=O)CCCCCCC\C=C/C=C\C=C/CCCCCCC. The van der Waals surface area contributed by atoms with Gasteiger partial charge in [-0.15, -0.1) is 0 Å². The molecule has 70 heavy (non-hydrogen) atoms. The minimum Gasteiger partial charge on any atom is -0.462 e. The maximum Gasteiger partial charge on any atom is 0.306 e. The summed E-state index contributed by atoms with van der Waals surface area (Å²) in [5, 5.41) is 0. The third kappa shape index (κ3) is 54.5. The largest absolute Gasteiger partial charge is 0.462 e. The van der Waals surface area contributed by atoms with E-state index in [-0.39, 0.29) is 44.0 Å². The lowest BCUT2D eigenvalue weighted by molar-refractivity contribution is -0.166. The summed E-state index contributed by atoms with van der Waals surface area (Å²) in [5.41, 5.74) is 0. The lowest BCUT2D eigenvalue weighted by Gasteiger charge is -2.18. The van der Waals surface area contributed by atoms with Crippen LogP contribution < -0.4 is 0 Å². The molecule has 0 N–H and O–H groups in total. The Labute approximate surface area is 430 Å². The van der Waals surface area contributed by atoms with Gasteiger partial charge < -0.3 is 14.2 Å². The van der Waals surface area contributed by atoms with E-state index >= 15 is 0 Å². The Morgan fingerprint density at radius 2 is 0.643 bits per heavy atom. The van der Waals surface area contributed by atoms with Gasteiger partial charge in [0.2, 0.25) is 0 Å². The third-order valence-electron chi connectivity index (χ3n) is 11.5. The summed E-state index contributed by atoms with van der Waals surface area (Å²) in [7, 11) is 0. The monoisotopic (exact) mass is 967 g/mol. The summed E-state index contributed by atoms with van der Waals surface area (Å²) < 4.78 is 16.8. The molecule has 0 aliphatic rings. The van der Waals surface area contributed by atoms with E-state index in [1.165, 1.54) is 64.2 Å². The quantitative estimate of drug-likeness (QED) is 0.0199. The van der Waals surface area contributed by atoms with Crippen LogP contribution in [-0.2, 0) is 28.6 Å². The van der Waals surface area contributed by atoms with Crippen molar-refractivity contribution in [2.75, 3.05) is 13.2 Å². The van der Waals surface area contributed by atoms with Crippen molar-refractivity contribution in [2.24, 2.45) is 0 Å². The number of ether oxygens (including phenoxy) is 3. The highest BCUT2D eigenvalue weighted by atomic mass is 16.6. The highest BCUT2D eigenvalue weighted by molar-refractivity contribution is 5.71. The van der Waals surface area contributed by atoms with Gasteiger partial charge >= 0.3 is 17.9 Å². The molecule has 0 aromatic heterocycles. The van der Waals surface area contributed by atoms with Crippen molar-refractivity contribution in [1.82, 2.24) is 0 Å². The van der Waals surface area contributed by atoms with Crippen LogP contribution in [0, 0.1) is 0 Å². The van der Waals surface area contributed by atoms with Gasteiger partial charge in [0, 0.05) is 19.3 Å². The molecule has 0 aromatic rings. The number of rotatable bonds is 49. The fraction of sp³-hybridized carbons (Fsp3) is 0.609. The summed E-state index contributed by atoms with van der Waals surface area (Å²) in [6.07, 6.45) is 80.1. The molecular formula is C64H102O6. The van der Waals surface area contributed by atoms with E-state index in [1.807, 2.05) is 12.2 Å². The summed E-state index contributed by atoms with van der Waals surface area (Å²) in [4.78, 5) is 38.1. The van der Waals surface area contributed by atoms with Crippen LogP contribution in [-0.4, -0.2) is 37.2 Å². The lowest BCUT2D eigenvalue weighted by atomic mass is 10.1. The molecule has 0 heterocycles. The highest BCUT2D eigenvalue weighted by Crippen LogP contribution is 2.13. The molecule has 6 nitrogen and oxygen atoms in total. The van der Waals surface area contributed by atoms with Crippen molar-refractivity contribution in [3.05, 3.63) is 134 Å². The zero-order valence-electron chi connectivity index (χ0n) is 45.0. The van der Waals surface area contributed by atoms with Crippen molar-refractivity contribution < 1.29 is 28.6 Å². The molecule has 1 atom stereocenters. The molecular weight excluding hydrogens is 865 g/mol. The standard InChI is InChI=1S/C64H102O6/c1-4-7-10-13-16-19-22-25-28-30-32-34-36-39-42-45-48-51-54-57-63(66)69-60-61(59-68-62(65)56-53-50-47-44-41-38-35-27-24-21-18-15-12-9-6-3)70-64(67)58-55-52-49-46-43-40-37-33-31-29-26-23-20-17-14-11-8-5-2/h7,10,16,18-19,21,23-29,31-34,37,39,42,48,51,61H,4-6,8-9,11-15,17,20,22,30,35-36,38,40-41,43-47,49-50,52-60H2,1-3H3/b10-7-,19-16-,21-18-,26-23-,27-24-,28-25-,31-29-,34-32-,37-33-,42-39-,51-48-. The van der Waals surface area contributed by atoms with Crippen LogP contribution in [0.1, 0.15) is 233 Å². The summed E-state index contributed by atoms with van der Waals surface area (Å²) in [6, 6.07) is 0. The average molecular weight is 968 g/mol. The van der Waals surface area contributed by atoms with Gasteiger partial charge in [0.05, 0.1) is 0 Å². The second kappa shape index (κ2) is 57.1. The minimum absolute atomic E-state index is 0.120. The predicted octanol–water partition coefficient (Wildman–Crippen LogP) is 19.0. The molecule has 1 unspecified atom stereocenters. The van der Waals surface area contributed by atoms with Gasteiger partial charge in [-0.3, -0.25) is 14.4 Å². The topological polar surface area (TPSA) is 78.9 Å². The summed E-state index contributed by atoms with van der Waals surface area (Å²) >= 11 is 0. The molecule has 0 aliphatic carbocycles. The highest BCUT2D eigenvalue weighted by Gasteiger charge is 2.19. The van der Waals surface area contributed by atoms with Crippen LogP contribution in [0.5, 0.6) is 0 Å². The average Bonchev–Trinajstić information content (AvgIpc) is 3.36. The zero-order chi connectivity index (χ0) is 50.7. The Hall–Kier alpha value is -4.45. The Kier molecular flexibility index (Phi) is 53.5. The molecule has 0 radical (unpaired) electrons. The van der Waals surface area contributed by atoms with Crippen LogP contribution in [0.25, 0.3) is 0 Å². The van der Waals surface area contributed by atoms with Gasteiger partial charge in [0.1, 0.15) is 13.2 Å². The number of hydrogen-bond donors (Lipinski definition) is 0. The number of esters is 3. The van der Waals surface area contributed by atoms with Crippen molar-refractivity contribution in [1.29, 1.82) is 0 Å². The van der Waals surface area contributed by atoms with Crippen LogP contribution >= 0.6 is 0 Å². The van der Waals surface area contributed by atoms with Gasteiger partial charge in [-0.2, -0.15) is 0 Å². The number of allylic oxidation sites excluding steroid dienone is 22. The van der Waals surface area contributed by atoms with Gasteiger partial charge in [-0.05, 0) is 109 Å². The van der Waals surface area contributed by atoms with Crippen molar-refractivity contribution >= 4 is 17.9 Å². The molecule has 0 spiro atoms. The second-order valence-corrected chi connectivity index (χ2v) is 18.2. The van der Waals surface area contributed by atoms with Crippen LogP contribution in [0.3, 0.4) is 0 Å². The maximum absolute atomic E-state index is 12.8. The van der Waals surface area contributed by atoms with Gasteiger partial charge in [-0.1, -0.05) is 238 Å². The van der Waals surface area contributed by atoms with Crippen molar-refractivity contribution in [3.63, 3.8) is 0 Å². The van der Waals surface area contributed by atoms with Crippen LogP contribution in [0.2, 0.25) is 0 Å². The Balaban J connectivity index is 4.59. The summed E-state index contributed by atoms with van der Waals surface area (Å²) in [6.45, 7) is 6.38. The Morgan fingerprint density at radius 3 is 1.09 bits per heavy atom. The lowest BCUT2D eigenvalue weighted by Crippen LogP contribution is -2.30. The first kappa shape index (κ1) is 65.5. The smallest absolute Gasteiger partial charge is 0.306 e. The van der Waals surface area contributed by atoms with E-state index in [4.69, 9.17) is 14.2 Å². The van der Waals surface area contributed by atoms with Crippen LogP contribution in [0.4, 0.5) is 0 Å². The molecule has 0 amide bonds. The van der Waals surface area contributed by atoms with Crippen LogP contribution in [0.15, 0.2) is 134 Å². The van der Waals surface area contributed by atoms with Gasteiger partial charge in [-0.25, -0.2) is 0 Å². The molecule has 0 aliphatic heterocycles. The molecule has 0 aromatic carbocycles. The van der Waals surface area contributed by atoms with Gasteiger partial charge in [0.25, 0.3) is 0 Å². The molecule has 394 valence electrons. The number of unbranched alkanes of at least 4 members (excludes halogenated alkanes) is 19. The number of carbonyl (C=O) groups excluding carboxylic acids is 3. The first-order valence-electron chi connectivity index (χ1n) is 28.2. The number of hydrogen-bond acceptors (Lipinski definition) is 6. The fourth-order valence-electron chi connectivity index (χ4n) is 7.22. The first-order chi connectivity index (χ1) is 34.5. The normalized spacial score (nSPS) is 13.1. The summed E-state index contributed by atoms with van der Waals surface area (Å²) in [5.74, 6) is -1.04.